The Bertz CT molecular complexity index is 210. The third-order valence-electron chi connectivity index (χ3n) is 2.47. The van der Waals surface area contributed by atoms with Crippen molar-refractivity contribution in [2.45, 2.75) is 13.8 Å². The maximum Gasteiger partial charge on any atom is 0.324 e. The van der Waals surface area contributed by atoms with E-state index >= 15 is 0 Å². The maximum absolute atomic E-state index is 11.2. The third-order valence-corrected chi connectivity index (χ3v) is 2.47. The molecule has 14 heavy (non-hydrogen) atoms. The summed E-state index contributed by atoms with van der Waals surface area (Å²) < 4.78 is 0. The van der Waals surface area contributed by atoms with Crippen LogP contribution in [0.2, 0.25) is 0 Å². The van der Waals surface area contributed by atoms with Gasteiger partial charge in [0.15, 0.2) is 0 Å². The first kappa shape index (κ1) is 11.0. The van der Waals surface area contributed by atoms with Crippen LogP contribution in [0.4, 0.5) is 4.79 Å². The van der Waals surface area contributed by atoms with Gasteiger partial charge in [-0.1, -0.05) is 13.8 Å². The van der Waals surface area contributed by atoms with E-state index in [1.165, 1.54) is 4.90 Å². The van der Waals surface area contributed by atoms with Gasteiger partial charge in [0, 0.05) is 13.1 Å². The third kappa shape index (κ3) is 2.45. The molecule has 3 amide bonds. The Kier molecular flexibility index (Phi) is 3.88. The van der Waals surface area contributed by atoms with Crippen LogP contribution in [0.1, 0.15) is 13.8 Å². The van der Waals surface area contributed by atoms with Gasteiger partial charge in [0.1, 0.15) is 0 Å². The SMILES string of the molecule is CCN(CC)CCN1C(=O)CNC1=O. The number of carbonyl (C=O) groups excluding carboxylic acids is 2. The molecule has 0 radical (unpaired) electrons. The van der Waals surface area contributed by atoms with Gasteiger partial charge in [-0.2, -0.15) is 0 Å². The molecule has 1 aliphatic rings. The standard InChI is InChI=1S/C9H17N3O2/c1-3-11(4-2)5-6-12-8(13)7-10-9(12)14/h3-7H2,1-2H3,(H,10,14). The van der Waals surface area contributed by atoms with Gasteiger partial charge < -0.3 is 10.2 Å². The molecule has 0 bridgehead atoms. The van der Waals surface area contributed by atoms with Crippen molar-refractivity contribution in [3.63, 3.8) is 0 Å². The van der Waals surface area contributed by atoms with Crippen molar-refractivity contribution in [3.05, 3.63) is 0 Å². The number of hydrogen-bond acceptors (Lipinski definition) is 3. The number of nitrogens with one attached hydrogen (secondary N) is 1. The number of urea groups is 1. The molecule has 0 aliphatic carbocycles. The minimum absolute atomic E-state index is 0.123. The topological polar surface area (TPSA) is 52.6 Å². The summed E-state index contributed by atoms with van der Waals surface area (Å²) in [5.41, 5.74) is 0. The highest BCUT2D eigenvalue weighted by Crippen LogP contribution is 1.99. The number of rotatable bonds is 5. The summed E-state index contributed by atoms with van der Waals surface area (Å²) in [4.78, 5) is 25.8. The average molecular weight is 199 g/mol. The van der Waals surface area contributed by atoms with Crippen LogP contribution in [0.15, 0.2) is 0 Å². The molecule has 0 aromatic carbocycles. The van der Waals surface area contributed by atoms with Crippen molar-refractivity contribution >= 4 is 11.9 Å². The molecule has 0 unspecified atom stereocenters. The average Bonchev–Trinajstić information content (AvgIpc) is 2.50. The van der Waals surface area contributed by atoms with Crippen LogP contribution in [-0.4, -0.2) is 54.5 Å². The summed E-state index contributed by atoms with van der Waals surface area (Å²) in [5.74, 6) is -0.123. The van der Waals surface area contributed by atoms with Gasteiger partial charge in [-0.25, -0.2) is 4.79 Å². The van der Waals surface area contributed by atoms with Crippen molar-refractivity contribution in [1.82, 2.24) is 15.1 Å². The van der Waals surface area contributed by atoms with E-state index in [9.17, 15) is 9.59 Å². The van der Waals surface area contributed by atoms with Gasteiger partial charge in [-0.05, 0) is 13.1 Å². The van der Waals surface area contributed by atoms with Crippen LogP contribution in [0.3, 0.4) is 0 Å². The van der Waals surface area contributed by atoms with Crippen molar-refractivity contribution < 1.29 is 9.59 Å². The Morgan fingerprint density at radius 2 is 2.00 bits per heavy atom. The van der Waals surface area contributed by atoms with Gasteiger partial charge in [0.25, 0.3) is 0 Å². The van der Waals surface area contributed by atoms with E-state index in [1.54, 1.807) is 0 Å². The van der Waals surface area contributed by atoms with Crippen LogP contribution in [0, 0.1) is 0 Å². The lowest BCUT2D eigenvalue weighted by Gasteiger charge is -2.20. The summed E-state index contributed by atoms with van der Waals surface area (Å²) in [6, 6.07) is -0.262. The summed E-state index contributed by atoms with van der Waals surface area (Å²) in [6.45, 7) is 7.42. The highest BCUT2D eigenvalue weighted by Gasteiger charge is 2.27. The molecule has 1 aliphatic heterocycles. The van der Waals surface area contributed by atoms with Crippen LogP contribution < -0.4 is 5.32 Å². The van der Waals surface area contributed by atoms with Gasteiger partial charge in [-0.15, -0.1) is 0 Å². The van der Waals surface area contributed by atoms with Crippen molar-refractivity contribution in [3.8, 4) is 0 Å². The molecule has 1 rings (SSSR count). The Hall–Kier alpha value is -1.10. The molecular formula is C9H17N3O2. The normalized spacial score (nSPS) is 16.6. The van der Waals surface area contributed by atoms with Crippen molar-refractivity contribution in [1.29, 1.82) is 0 Å². The highest BCUT2D eigenvalue weighted by molar-refractivity contribution is 6.01. The summed E-state index contributed by atoms with van der Waals surface area (Å²) >= 11 is 0. The van der Waals surface area contributed by atoms with E-state index in [4.69, 9.17) is 0 Å². The van der Waals surface area contributed by atoms with Crippen LogP contribution >= 0.6 is 0 Å². The molecule has 0 aromatic heterocycles. The van der Waals surface area contributed by atoms with Crippen LogP contribution in [0.25, 0.3) is 0 Å². The van der Waals surface area contributed by atoms with E-state index in [2.05, 4.69) is 24.1 Å². The number of amides is 3. The molecule has 1 heterocycles. The lowest BCUT2D eigenvalue weighted by molar-refractivity contribution is -0.125. The molecule has 80 valence electrons. The fourth-order valence-electron chi connectivity index (χ4n) is 1.46. The van der Waals surface area contributed by atoms with Gasteiger partial charge in [0.05, 0.1) is 6.54 Å². The zero-order valence-electron chi connectivity index (χ0n) is 8.75. The summed E-state index contributed by atoms with van der Waals surface area (Å²) in [6.07, 6.45) is 0. The van der Waals surface area contributed by atoms with Gasteiger partial charge >= 0.3 is 6.03 Å². The van der Waals surface area contributed by atoms with E-state index in [-0.39, 0.29) is 18.5 Å². The second kappa shape index (κ2) is 4.95. The molecule has 0 spiro atoms. The smallest absolute Gasteiger partial charge is 0.324 e. The lowest BCUT2D eigenvalue weighted by Crippen LogP contribution is -2.38. The monoisotopic (exact) mass is 199 g/mol. The summed E-state index contributed by atoms with van der Waals surface area (Å²) in [7, 11) is 0. The number of carbonyl (C=O) groups is 2. The number of nitrogens with zero attached hydrogens (tertiary/aromatic N) is 2. The van der Waals surface area contributed by atoms with Crippen molar-refractivity contribution in [2.75, 3.05) is 32.7 Å². The molecule has 5 nitrogen and oxygen atoms in total. The van der Waals surface area contributed by atoms with E-state index in [0.717, 1.165) is 19.6 Å². The minimum Gasteiger partial charge on any atom is -0.329 e. The molecule has 0 atom stereocenters. The predicted octanol–water partition coefficient (Wildman–Crippen LogP) is -0.120. The number of hydrogen-bond donors (Lipinski definition) is 1. The van der Waals surface area contributed by atoms with Gasteiger partial charge in [-0.3, -0.25) is 9.69 Å². The Morgan fingerprint density at radius 1 is 1.36 bits per heavy atom. The fourth-order valence-corrected chi connectivity index (χ4v) is 1.46. The first-order valence-electron chi connectivity index (χ1n) is 4.99. The quantitative estimate of drug-likeness (QED) is 0.628. The predicted molar refractivity (Wildman–Crippen MR) is 52.9 cm³/mol. The second-order valence-electron chi connectivity index (χ2n) is 3.23. The largest absolute Gasteiger partial charge is 0.329 e. The highest BCUT2D eigenvalue weighted by atomic mass is 16.2. The van der Waals surface area contributed by atoms with Crippen molar-refractivity contribution in [2.24, 2.45) is 0 Å². The van der Waals surface area contributed by atoms with Gasteiger partial charge in [0.2, 0.25) is 5.91 Å². The molecule has 0 saturated carbocycles. The number of imide groups is 1. The molecule has 1 N–H and O–H groups in total. The van der Waals surface area contributed by atoms with E-state index < -0.39 is 0 Å². The molecule has 1 fully saturated rings. The van der Waals surface area contributed by atoms with E-state index in [1.807, 2.05) is 0 Å². The Morgan fingerprint density at radius 3 is 2.43 bits per heavy atom. The minimum atomic E-state index is -0.262. The lowest BCUT2D eigenvalue weighted by atomic mass is 10.4. The fraction of sp³-hybridized carbons (Fsp3) is 0.778. The molecule has 1 saturated heterocycles. The number of likely N-dealkylation sites (N-methyl/N-ethyl adjacent to an activating group) is 1. The zero-order chi connectivity index (χ0) is 10.6. The van der Waals surface area contributed by atoms with Crippen LogP contribution in [-0.2, 0) is 4.79 Å². The first-order valence-corrected chi connectivity index (χ1v) is 4.99. The molecular weight excluding hydrogens is 182 g/mol. The first-order chi connectivity index (χ1) is 6.69. The molecule has 5 heteroatoms. The van der Waals surface area contributed by atoms with Crippen LogP contribution in [0.5, 0.6) is 0 Å². The van der Waals surface area contributed by atoms with E-state index in [0.29, 0.717) is 6.54 Å². The Balaban J connectivity index is 2.36. The second-order valence-corrected chi connectivity index (χ2v) is 3.23. The summed E-state index contributed by atoms with van der Waals surface area (Å²) in [5, 5.41) is 2.50. The Labute approximate surface area is 84.0 Å². The zero-order valence-corrected chi connectivity index (χ0v) is 8.75. The molecule has 0 aromatic rings. The maximum atomic E-state index is 11.2.